The number of halogens is 2. The third-order valence-electron chi connectivity index (χ3n) is 4.02. The number of carbonyl (C=O) groups excluding carboxylic acids is 2. The molecule has 2 aromatic rings. The van der Waals surface area contributed by atoms with Gasteiger partial charge in [-0.05, 0) is 87.1 Å². The molecule has 0 fully saturated rings. The molecule has 0 heterocycles. The molecule has 0 aliphatic rings. The van der Waals surface area contributed by atoms with Gasteiger partial charge in [0.1, 0.15) is 18.3 Å². The van der Waals surface area contributed by atoms with Crippen molar-refractivity contribution < 1.29 is 23.1 Å². The Morgan fingerprint density at radius 1 is 1.17 bits per heavy atom. The van der Waals surface area contributed by atoms with Crippen LogP contribution in [0.1, 0.15) is 15.9 Å². The van der Waals surface area contributed by atoms with Gasteiger partial charge >= 0.3 is 0 Å². The lowest BCUT2D eigenvalue weighted by molar-refractivity contribution is -0.122. The molecule has 0 aliphatic heterocycles. The van der Waals surface area contributed by atoms with Crippen molar-refractivity contribution in [3.8, 4) is 11.8 Å². The van der Waals surface area contributed by atoms with E-state index in [9.17, 15) is 23.1 Å². The summed E-state index contributed by atoms with van der Waals surface area (Å²) < 4.78 is 24.3. The number of rotatable bonds is 7. The van der Waals surface area contributed by atoms with E-state index in [2.05, 4.69) is 10.6 Å². The average Bonchev–Trinajstić information content (AvgIpc) is 2.69. The highest BCUT2D eigenvalue weighted by atomic mass is 127. The molecule has 2 rings (SSSR count). The van der Waals surface area contributed by atoms with Gasteiger partial charge in [-0.1, -0.05) is 0 Å². The Kier molecular flexibility index (Phi) is 8.44. The van der Waals surface area contributed by atoms with E-state index < -0.39 is 27.7 Å². The van der Waals surface area contributed by atoms with Crippen molar-refractivity contribution in [3.05, 3.63) is 54.7 Å². The van der Waals surface area contributed by atoms with Gasteiger partial charge in [-0.3, -0.25) is 9.59 Å². The van der Waals surface area contributed by atoms with Crippen molar-refractivity contribution in [1.29, 1.82) is 5.26 Å². The number of phenols is 1. The van der Waals surface area contributed by atoms with E-state index in [0.717, 1.165) is 6.26 Å². The zero-order chi connectivity index (χ0) is 22.5. The first-order valence-corrected chi connectivity index (χ1v) is 12.5. The molecular weight excluding hydrogens is 636 g/mol. The quantitative estimate of drug-likeness (QED) is 0.309. The van der Waals surface area contributed by atoms with Crippen molar-refractivity contribution >= 4 is 66.8 Å². The first-order chi connectivity index (χ1) is 14.0. The van der Waals surface area contributed by atoms with Crippen LogP contribution < -0.4 is 10.6 Å². The average molecular weight is 653 g/mol. The van der Waals surface area contributed by atoms with E-state index in [1.165, 1.54) is 24.3 Å². The lowest BCUT2D eigenvalue weighted by atomic mass is 10.0. The summed E-state index contributed by atoms with van der Waals surface area (Å²) in [5.41, 5.74) is 0.904. The molecule has 8 nitrogen and oxygen atoms in total. The predicted octanol–water partition coefficient (Wildman–Crippen LogP) is 1.99. The zero-order valence-electron chi connectivity index (χ0n) is 15.6. The van der Waals surface area contributed by atoms with Crippen LogP contribution >= 0.6 is 45.2 Å². The number of nitrogens with one attached hydrogen (secondary N) is 2. The molecule has 0 unspecified atom stereocenters. The van der Waals surface area contributed by atoms with Gasteiger partial charge < -0.3 is 15.7 Å². The van der Waals surface area contributed by atoms with Gasteiger partial charge in [0.15, 0.2) is 9.84 Å². The van der Waals surface area contributed by atoms with Crippen molar-refractivity contribution in [2.24, 2.45) is 0 Å². The van der Waals surface area contributed by atoms with Crippen LogP contribution in [0.15, 0.2) is 41.3 Å². The molecule has 3 N–H and O–H groups in total. The summed E-state index contributed by atoms with van der Waals surface area (Å²) in [6.07, 6.45) is 1.20. The van der Waals surface area contributed by atoms with E-state index in [1.807, 2.05) is 51.3 Å². The minimum atomic E-state index is -3.39. The highest BCUT2D eigenvalue weighted by molar-refractivity contribution is 14.1. The second-order valence-electron chi connectivity index (χ2n) is 6.31. The predicted molar refractivity (Wildman–Crippen MR) is 127 cm³/mol. The fourth-order valence-electron chi connectivity index (χ4n) is 2.53. The summed E-state index contributed by atoms with van der Waals surface area (Å²) >= 11 is 3.94. The first-order valence-electron chi connectivity index (χ1n) is 8.45. The fourth-order valence-corrected chi connectivity index (χ4v) is 5.05. The van der Waals surface area contributed by atoms with E-state index in [0.29, 0.717) is 12.7 Å². The second kappa shape index (κ2) is 10.4. The van der Waals surface area contributed by atoms with Gasteiger partial charge in [0.25, 0.3) is 5.91 Å². The van der Waals surface area contributed by atoms with E-state index in [1.54, 1.807) is 12.1 Å². The molecule has 2 aromatic carbocycles. The molecular formula is C19H17I2N3O5S. The summed E-state index contributed by atoms with van der Waals surface area (Å²) in [4.78, 5) is 25.2. The number of benzene rings is 2. The number of nitrogens with zero attached hydrogens (tertiary/aromatic N) is 1. The van der Waals surface area contributed by atoms with Crippen LogP contribution in [0.4, 0.5) is 0 Å². The molecule has 30 heavy (non-hydrogen) atoms. The Bertz CT molecular complexity index is 1090. The Morgan fingerprint density at radius 2 is 1.73 bits per heavy atom. The Morgan fingerprint density at radius 3 is 2.23 bits per heavy atom. The van der Waals surface area contributed by atoms with Crippen molar-refractivity contribution in [2.45, 2.75) is 17.4 Å². The van der Waals surface area contributed by atoms with Gasteiger partial charge in [0, 0.05) is 18.2 Å². The van der Waals surface area contributed by atoms with Crippen LogP contribution in [0.2, 0.25) is 0 Å². The molecule has 0 saturated carbocycles. The van der Waals surface area contributed by atoms with Gasteiger partial charge in [-0.2, -0.15) is 5.26 Å². The van der Waals surface area contributed by atoms with Gasteiger partial charge in [-0.15, -0.1) is 0 Å². The Balaban J connectivity index is 2.26. The van der Waals surface area contributed by atoms with Crippen LogP contribution in [0.25, 0.3) is 0 Å². The first kappa shape index (κ1) is 24.4. The van der Waals surface area contributed by atoms with Crippen LogP contribution in [0, 0.1) is 18.5 Å². The minimum Gasteiger partial charge on any atom is -0.506 e. The molecule has 0 aromatic heterocycles. The Hall–Kier alpha value is -1.92. The second-order valence-corrected chi connectivity index (χ2v) is 10.7. The maximum Gasteiger partial charge on any atom is 0.251 e. The smallest absolute Gasteiger partial charge is 0.251 e. The highest BCUT2D eigenvalue weighted by Gasteiger charge is 2.23. The van der Waals surface area contributed by atoms with Crippen LogP contribution in [-0.4, -0.2) is 44.2 Å². The summed E-state index contributed by atoms with van der Waals surface area (Å²) in [5, 5.41) is 23.7. The minimum absolute atomic E-state index is 0.0793. The lowest BCUT2D eigenvalue weighted by Crippen LogP contribution is -2.48. The zero-order valence-corrected chi connectivity index (χ0v) is 20.8. The molecule has 0 spiro atoms. The summed E-state index contributed by atoms with van der Waals surface area (Å²) in [6, 6.07) is 9.61. The molecule has 0 radical (unpaired) electrons. The van der Waals surface area contributed by atoms with Crippen LogP contribution in [0.5, 0.6) is 5.75 Å². The third-order valence-corrected chi connectivity index (χ3v) is 6.80. The summed E-state index contributed by atoms with van der Waals surface area (Å²) in [7, 11) is -3.39. The normalized spacial score (nSPS) is 11.9. The van der Waals surface area contributed by atoms with Crippen LogP contribution in [0.3, 0.4) is 0 Å². The number of hydrogen-bond acceptors (Lipinski definition) is 6. The van der Waals surface area contributed by atoms with E-state index >= 15 is 0 Å². The summed E-state index contributed by atoms with van der Waals surface area (Å²) in [5.74, 6) is -0.952. The number of aromatic hydroxyl groups is 1. The molecule has 1 atom stereocenters. The molecule has 0 bridgehead atoms. The number of nitriles is 1. The molecule has 11 heteroatoms. The van der Waals surface area contributed by atoms with E-state index in [4.69, 9.17) is 5.26 Å². The molecule has 2 amide bonds. The van der Waals surface area contributed by atoms with Gasteiger partial charge in [0.05, 0.1) is 18.1 Å². The lowest BCUT2D eigenvalue weighted by Gasteiger charge is -2.19. The van der Waals surface area contributed by atoms with Crippen molar-refractivity contribution in [3.63, 3.8) is 0 Å². The number of hydrogen-bond donors (Lipinski definition) is 3. The maximum atomic E-state index is 12.6. The molecule has 0 saturated heterocycles. The molecule has 0 aliphatic carbocycles. The van der Waals surface area contributed by atoms with Crippen molar-refractivity contribution in [1.82, 2.24) is 10.6 Å². The monoisotopic (exact) mass is 653 g/mol. The maximum absolute atomic E-state index is 12.6. The van der Waals surface area contributed by atoms with Crippen LogP contribution in [-0.2, 0) is 21.1 Å². The SMILES string of the molecule is CS(=O)(=O)c1ccc(C(=O)N[C@@H](Cc2cc(I)c(O)c(I)c2)C(=O)NCC#N)cc1. The number of carbonyl (C=O) groups is 2. The van der Waals surface area contributed by atoms with Gasteiger partial charge in [0.2, 0.25) is 5.91 Å². The molecule has 158 valence electrons. The number of sulfone groups is 1. The van der Waals surface area contributed by atoms with Gasteiger partial charge in [-0.25, -0.2) is 8.42 Å². The highest BCUT2D eigenvalue weighted by Crippen LogP contribution is 2.28. The number of amides is 2. The number of phenolic OH excluding ortho intramolecular Hbond substituents is 1. The van der Waals surface area contributed by atoms with Crippen molar-refractivity contribution in [2.75, 3.05) is 12.8 Å². The Labute approximate surface area is 201 Å². The third kappa shape index (κ3) is 6.54. The topological polar surface area (TPSA) is 136 Å². The summed E-state index contributed by atoms with van der Waals surface area (Å²) in [6.45, 7) is -0.209. The fraction of sp³-hybridized carbons (Fsp3) is 0.211. The standard InChI is InChI=1S/C19H17I2N3O5S/c1-30(28,29)13-4-2-12(3-5-13)18(26)24-16(19(27)23-7-6-22)10-11-8-14(20)17(25)15(21)9-11/h2-5,8-9,16,25H,7,10H2,1H3,(H,23,27)(H,24,26)/t16-/m0/s1. The van der Waals surface area contributed by atoms with E-state index in [-0.39, 0.29) is 29.2 Å². The largest absolute Gasteiger partial charge is 0.506 e.